The average molecular weight is 300 g/mol. The van der Waals surface area contributed by atoms with Gasteiger partial charge in [0.15, 0.2) is 0 Å². The van der Waals surface area contributed by atoms with Crippen LogP contribution in [0.3, 0.4) is 0 Å². The van der Waals surface area contributed by atoms with Crippen molar-refractivity contribution in [2.45, 2.75) is 38.2 Å². The molecule has 0 saturated carbocycles. The lowest BCUT2D eigenvalue weighted by Crippen LogP contribution is -2.53. The van der Waals surface area contributed by atoms with Crippen molar-refractivity contribution in [3.63, 3.8) is 0 Å². The van der Waals surface area contributed by atoms with Gasteiger partial charge in [-0.3, -0.25) is 0 Å². The lowest BCUT2D eigenvalue weighted by molar-refractivity contribution is -0.376. The second-order valence-corrected chi connectivity index (χ2v) is 5.00. The highest BCUT2D eigenvalue weighted by Crippen LogP contribution is 2.49. The average Bonchev–Trinajstić information content (AvgIpc) is 2.25. The summed E-state index contributed by atoms with van der Waals surface area (Å²) in [6, 6.07) is 3.66. The van der Waals surface area contributed by atoms with Crippen LogP contribution in [0.5, 0.6) is 0 Å². The summed E-state index contributed by atoms with van der Waals surface area (Å²) in [7, 11) is 0. The van der Waals surface area contributed by atoms with E-state index in [2.05, 4.69) is 0 Å². The zero-order valence-electron chi connectivity index (χ0n) is 10.8. The Morgan fingerprint density at radius 1 is 0.900 bits per heavy atom. The summed E-state index contributed by atoms with van der Waals surface area (Å²) in [6.45, 7) is 3.74. The molecule has 0 amide bonds. The summed E-state index contributed by atoms with van der Waals surface area (Å²) in [5, 5.41) is 9.18. The summed E-state index contributed by atoms with van der Waals surface area (Å²) >= 11 is 0. The fourth-order valence-corrected chi connectivity index (χ4v) is 1.84. The first-order chi connectivity index (χ1) is 8.89. The highest BCUT2D eigenvalue weighted by Gasteiger charge is 2.71. The Labute approximate surface area is 112 Å². The van der Waals surface area contributed by atoms with Gasteiger partial charge in [-0.15, -0.1) is 0 Å². The maximum Gasteiger partial charge on any atom is 0.430 e. The van der Waals surface area contributed by atoms with E-state index in [0.717, 1.165) is 12.1 Å². The molecule has 0 bridgehead atoms. The molecule has 0 radical (unpaired) electrons. The van der Waals surface area contributed by atoms with Crippen LogP contribution in [0, 0.1) is 5.92 Å². The summed E-state index contributed by atoms with van der Waals surface area (Å²) in [5.41, 5.74) is -5.48. The van der Waals surface area contributed by atoms with Crippen LogP contribution in [0.1, 0.15) is 25.0 Å². The Morgan fingerprint density at radius 3 is 1.60 bits per heavy atom. The predicted molar refractivity (Wildman–Crippen MR) is 61.0 cm³/mol. The molecule has 0 unspecified atom stereocenters. The van der Waals surface area contributed by atoms with Crippen molar-refractivity contribution >= 4 is 0 Å². The number of rotatable bonds is 3. The van der Waals surface area contributed by atoms with E-state index in [-0.39, 0.29) is 5.92 Å². The summed E-state index contributed by atoms with van der Waals surface area (Å²) in [4.78, 5) is 0. The maximum atomic E-state index is 12.6. The molecule has 1 aromatic rings. The van der Waals surface area contributed by atoms with E-state index in [4.69, 9.17) is 0 Å². The van der Waals surface area contributed by atoms with Gasteiger partial charge in [0.05, 0.1) is 0 Å². The van der Waals surface area contributed by atoms with E-state index < -0.39 is 23.5 Å². The van der Waals surface area contributed by atoms with Crippen molar-refractivity contribution in [2.75, 3.05) is 0 Å². The van der Waals surface area contributed by atoms with Crippen LogP contribution < -0.4 is 0 Å². The monoisotopic (exact) mass is 300 g/mol. The Morgan fingerprint density at radius 2 is 1.30 bits per heavy atom. The number of benzene rings is 1. The first-order valence-corrected chi connectivity index (χ1v) is 5.85. The van der Waals surface area contributed by atoms with Gasteiger partial charge in [0.1, 0.15) is 0 Å². The Kier molecular flexibility index (Phi) is 4.43. The number of hydrogen-bond donors (Lipinski definition) is 1. The molecule has 0 aliphatic carbocycles. The van der Waals surface area contributed by atoms with E-state index in [1.807, 2.05) is 13.8 Å². The third-order valence-electron chi connectivity index (χ3n) is 2.84. The Balaban J connectivity index is 3.24. The second kappa shape index (κ2) is 5.27. The molecule has 1 aromatic carbocycles. The summed E-state index contributed by atoms with van der Waals surface area (Å²) < 4.78 is 75.8. The molecule has 0 heterocycles. The minimum atomic E-state index is -5.84. The van der Waals surface area contributed by atoms with Crippen molar-refractivity contribution in [1.82, 2.24) is 0 Å². The molecular formula is C13H14F6O. The highest BCUT2D eigenvalue weighted by molar-refractivity contribution is 5.30. The minimum Gasteiger partial charge on any atom is -0.369 e. The molecule has 0 spiro atoms. The molecule has 20 heavy (non-hydrogen) atoms. The number of halogens is 6. The number of hydrogen-bond acceptors (Lipinski definition) is 1. The van der Waals surface area contributed by atoms with Gasteiger partial charge in [-0.1, -0.05) is 38.1 Å². The van der Waals surface area contributed by atoms with Crippen molar-refractivity contribution < 1.29 is 31.4 Å². The quantitative estimate of drug-likeness (QED) is 0.830. The van der Waals surface area contributed by atoms with E-state index in [1.165, 1.54) is 0 Å². The molecule has 1 nitrogen and oxygen atoms in total. The molecule has 114 valence electrons. The summed E-state index contributed by atoms with van der Waals surface area (Å²) in [5.74, 6) is 0.213. The Hall–Kier alpha value is -1.24. The van der Waals surface area contributed by atoms with Gasteiger partial charge in [-0.2, -0.15) is 26.3 Å². The number of alkyl halides is 6. The molecule has 0 aliphatic heterocycles. The molecule has 0 saturated heterocycles. The van der Waals surface area contributed by atoms with Crippen LogP contribution in [0.2, 0.25) is 0 Å². The molecule has 7 heteroatoms. The van der Waals surface area contributed by atoms with Crippen LogP contribution >= 0.6 is 0 Å². The van der Waals surface area contributed by atoms with Crippen LogP contribution in [0.15, 0.2) is 24.3 Å². The van der Waals surface area contributed by atoms with Crippen LogP contribution in [0.4, 0.5) is 26.3 Å². The Bertz CT molecular complexity index is 429. The van der Waals surface area contributed by atoms with Crippen LogP contribution in [-0.2, 0) is 12.0 Å². The lowest BCUT2D eigenvalue weighted by Gasteiger charge is -2.32. The van der Waals surface area contributed by atoms with Crippen molar-refractivity contribution in [3.8, 4) is 0 Å². The van der Waals surface area contributed by atoms with Crippen molar-refractivity contribution in [3.05, 3.63) is 35.4 Å². The predicted octanol–water partition coefficient (Wildman–Crippen LogP) is 4.20. The van der Waals surface area contributed by atoms with Crippen LogP contribution in [-0.4, -0.2) is 17.5 Å². The fraction of sp³-hybridized carbons (Fsp3) is 0.538. The third kappa shape index (κ3) is 3.08. The molecule has 0 aromatic heterocycles. The summed E-state index contributed by atoms with van der Waals surface area (Å²) in [6.07, 6.45) is -11.2. The van der Waals surface area contributed by atoms with Gasteiger partial charge in [-0.25, -0.2) is 0 Å². The first-order valence-electron chi connectivity index (χ1n) is 5.85. The van der Waals surface area contributed by atoms with E-state index >= 15 is 0 Å². The lowest BCUT2D eigenvalue weighted by atomic mass is 9.90. The number of aliphatic hydroxyl groups is 1. The van der Waals surface area contributed by atoms with Gasteiger partial charge in [0.2, 0.25) is 0 Å². The topological polar surface area (TPSA) is 20.2 Å². The van der Waals surface area contributed by atoms with Gasteiger partial charge in [-0.05, 0) is 17.9 Å². The molecular weight excluding hydrogens is 286 g/mol. The SMILES string of the molecule is CC(C)Cc1ccc(C(O)(C(F)(F)F)C(F)(F)F)cc1. The zero-order valence-corrected chi connectivity index (χ0v) is 10.8. The zero-order chi connectivity index (χ0) is 15.8. The van der Waals surface area contributed by atoms with Gasteiger partial charge in [0.25, 0.3) is 5.60 Å². The molecule has 1 rings (SSSR count). The van der Waals surface area contributed by atoms with Crippen molar-refractivity contribution in [1.29, 1.82) is 0 Å². The highest BCUT2D eigenvalue weighted by atomic mass is 19.4. The molecule has 1 N–H and O–H groups in total. The normalized spacial score (nSPS) is 13.9. The minimum absolute atomic E-state index is 0.213. The van der Waals surface area contributed by atoms with Gasteiger partial charge in [0, 0.05) is 5.56 Å². The van der Waals surface area contributed by atoms with Crippen LogP contribution in [0.25, 0.3) is 0 Å². The van der Waals surface area contributed by atoms with Gasteiger partial charge < -0.3 is 5.11 Å². The largest absolute Gasteiger partial charge is 0.430 e. The van der Waals surface area contributed by atoms with E-state index in [1.54, 1.807) is 0 Å². The second-order valence-electron chi connectivity index (χ2n) is 5.00. The molecule has 0 aliphatic rings. The maximum absolute atomic E-state index is 12.6. The smallest absolute Gasteiger partial charge is 0.369 e. The van der Waals surface area contributed by atoms with E-state index in [9.17, 15) is 31.4 Å². The first kappa shape index (κ1) is 16.8. The fourth-order valence-electron chi connectivity index (χ4n) is 1.84. The molecule has 0 fully saturated rings. The third-order valence-corrected chi connectivity index (χ3v) is 2.84. The standard InChI is InChI=1S/C13H14F6O/c1-8(2)7-9-3-5-10(6-4-9)11(20,12(14,15)16)13(17,18)19/h3-6,8,20H,7H2,1-2H3. The molecule has 0 atom stereocenters. The van der Waals surface area contributed by atoms with Crippen molar-refractivity contribution in [2.24, 2.45) is 5.92 Å². The van der Waals surface area contributed by atoms with Gasteiger partial charge >= 0.3 is 12.4 Å². The van der Waals surface area contributed by atoms with E-state index in [0.29, 0.717) is 24.1 Å².